The summed E-state index contributed by atoms with van der Waals surface area (Å²) in [4.78, 5) is 4.61. The van der Waals surface area contributed by atoms with Crippen LogP contribution in [0.5, 0.6) is 0 Å². The van der Waals surface area contributed by atoms with E-state index < -0.39 is 0 Å². The fraction of sp³-hybridized carbons (Fsp3) is 0.688. The van der Waals surface area contributed by atoms with Crippen LogP contribution in [0.25, 0.3) is 0 Å². The van der Waals surface area contributed by atoms with Crippen molar-refractivity contribution < 1.29 is 4.74 Å². The first-order chi connectivity index (χ1) is 8.99. The highest BCUT2D eigenvalue weighted by Gasteiger charge is 2.39. The summed E-state index contributed by atoms with van der Waals surface area (Å²) in [5.41, 5.74) is 2.77. The third kappa shape index (κ3) is 2.82. The molecule has 0 bridgehead atoms. The first kappa shape index (κ1) is 14.5. The monoisotopic (exact) mass is 262 g/mol. The number of nitrogens with zero attached hydrogens (tertiary/aromatic N) is 1. The molecule has 3 nitrogen and oxygen atoms in total. The molecule has 0 aliphatic heterocycles. The van der Waals surface area contributed by atoms with Crippen LogP contribution in [0.15, 0.2) is 18.3 Å². The minimum absolute atomic E-state index is 0.111. The summed E-state index contributed by atoms with van der Waals surface area (Å²) in [6.07, 6.45) is 4.37. The van der Waals surface area contributed by atoms with Crippen LogP contribution >= 0.6 is 0 Å². The van der Waals surface area contributed by atoms with Gasteiger partial charge in [-0.15, -0.1) is 0 Å². The number of hydrogen-bond donors (Lipinski definition) is 1. The van der Waals surface area contributed by atoms with Gasteiger partial charge in [-0.05, 0) is 36.9 Å². The van der Waals surface area contributed by atoms with Crippen LogP contribution in [-0.4, -0.2) is 31.3 Å². The van der Waals surface area contributed by atoms with E-state index in [-0.39, 0.29) is 11.5 Å². The molecule has 3 atom stereocenters. The highest BCUT2D eigenvalue weighted by atomic mass is 16.5. The van der Waals surface area contributed by atoms with E-state index in [0.717, 1.165) is 12.8 Å². The number of likely N-dealkylation sites (N-methyl/N-ethyl adjacent to an activating group) is 1. The fourth-order valence-electron chi connectivity index (χ4n) is 3.40. The Morgan fingerprint density at radius 2 is 2.16 bits per heavy atom. The van der Waals surface area contributed by atoms with Crippen LogP contribution in [0.1, 0.15) is 44.4 Å². The Morgan fingerprint density at radius 3 is 2.74 bits per heavy atom. The normalized spacial score (nSPS) is 22.1. The van der Waals surface area contributed by atoms with Crippen molar-refractivity contribution in [3.05, 3.63) is 29.6 Å². The van der Waals surface area contributed by atoms with Gasteiger partial charge in [0.2, 0.25) is 0 Å². The van der Waals surface area contributed by atoms with Crippen LogP contribution in [0.4, 0.5) is 0 Å². The minimum atomic E-state index is 0.111. The molecule has 1 heterocycles. The predicted octanol–water partition coefficient (Wildman–Crippen LogP) is 2.76. The summed E-state index contributed by atoms with van der Waals surface area (Å²) in [5.74, 6) is 0.449. The van der Waals surface area contributed by atoms with Crippen molar-refractivity contribution in [2.45, 2.75) is 51.7 Å². The molecule has 106 valence electrons. The number of ether oxygens (including phenoxy) is 1. The van der Waals surface area contributed by atoms with Gasteiger partial charge in [0.05, 0.1) is 6.10 Å². The first-order valence-corrected chi connectivity index (χ1v) is 7.13. The van der Waals surface area contributed by atoms with Gasteiger partial charge in [0.25, 0.3) is 0 Å². The van der Waals surface area contributed by atoms with Gasteiger partial charge in [-0.2, -0.15) is 0 Å². The van der Waals surface area contributed by atoms with Gasteiger partial charge in [0.1, 0.15) is 0 Å². The molecule has 0 saturated carbocycles. The Balaban J connectivity index is 2.29. The summed E-state index contributed by atoms with van der Waals surface area (Å²) in [6.45, 7) is 6.71. The lowest BCUT2D eigenvalue weighted by Crippen LogP contribution is -2.49. The van der Waals surface area contributed by atoms with Gasteiger partial charge >= 0.3 is 0 Å². The zero-order valence-electron chi connectivity index (χ0n) is 12.7. The van der Waals surface area contributed by atoms with Crippen LogP contribution in [-0.2, 0) is 11.2 Å². The third-order valence-electron chi connectivity index (χ3n) is 4.20. The molecule has 0 radical (unpaired) electrons. The van der Waals surface area contributed by atoms with E-state index in [1.165, 1.54) is 11.3 Å². The Kier molecular flexibility index (Phi) is 4.26. The molecular weight excluding hydrogens is 236 g/mol. The Bertz CT molecular complexity index is 425. The Morgan fingerprint density at radius 1 is 1.42 bits per heavy atom. The van der Waals surface area contributed by atoms with Gasteiger partial charge in [-0.25, -0.2) is 0 Å². The number of methoxy groups -OCH3 is 1. The number of nitrogens with one attached hydrogen (secondary N) is 1. The zero-order valence-corrected chi connectivity index (χ0v) is 12.7. The molecule has 1 aromatic rings. The summed E-state index contributed by atoms with van der Waals surface area (Å²) in [6, 6.07) is 4.54. The molecule has 3 heteroatoms. The second-order valence-electron chi connectivity index (χ2n) is 6.53. The molecule has 0 saturated heterocycles. The molecule has 0 amide bonds. The van der Waals surface area contributed by atoms with Crippen LogP contribution in [0.3, 0.4) is 0 Å². The van der Waals surface area contributed by atoms with E-state index in [1.54, 1.807) is 0 Å². The molecule has 19 heavy (non-hydrogen) atoms. The summed E-state index contributed by atoms with van der Waals surface area (Å²) < 4.78 is 5.80. The van der Waals surface area contributed by atoms with Gasteiger partial charge in [-0.1, -0.05) is 26.8 Å². The summed E-state index contributed by atoms with van der Waals surface area (Å²) in [5, 5.41) is 3.48. The summed E-state index contributed by atoms with van der Waals surface area (Å²) in [7, 11) is 3.85. The van der Waals surface area contributed by atoms with E-state index in [4.69, 9.17) is 4.74 Å². The topological polar surface area (TPSA) is 34.2 Å². The molecular formula is C16H26N2O. The smallest absolute Gasteiger partial charge is 0.0778 e. The van der Waals surface area contributed by atoms with E-state index in [0.29, 0.717) is 12.0 Å². The number of fused-ring (bicyclic) bond motifs is 1. The van der Waals surface area contributed by atoms with Crippen molar-refractivity contribution in [1.82, 2.24) is 10.3 Å². The van der Waals surface area contributed by atoms with Gasteiger partial charge in [0.15, 0.2) is 0 Å². The molecule has 1 aromatic heterocycles. The number of pyridine rings is 1. The molecule has 1 aliphatic rings. The number of aryl methyl sites for hydroxylation is 1. The highest BCUT2D eigenvalue weighted by Crippen LogP contribution is 2.38. The Labute approximate surface area is 116 Å². The van der Waals surface area contributed by atoms with Crippen LogP contribution < -0.4 is 5.32 Å². The van der Waals surface area contributed by atoms with Crippen molar-refractivity contribution in [3.63, 3.8) is 0 Å². The quantitative estimate of drug-likeness (QED) is 0.906. The van der Waals surface area contributed by atoms with E-state index >= 15 is 0 Å². The van der Waals surface area contributed by atoms with E-state index in [1.807, 2.05) is 26.4 Å². The SMILES string of the molecule is CNC(C1CCc2cccnc21)C(OC)C(C)(C)C. The lowest BCUT2D eigenvalue weighted by atomic mass is 9.79. The fourth-order valence-corrected chi connectivity index (χ4v) is 3.40. The van der Waals surface area contributed by atoms with E-state index in [2.05, 4.69) is 37.1 Å². The Hall–Kier alpha value is -0.930. The number of aromatic nitrogens is 1. The van der Waals surface area contributed by atoms with Crippen LogP contribution in [0.2, 0.25) is 0 Å². The lowest BCUT2D eigenvalue weighted by molar-refractivity contribution is -0.0163. The number of hydrogen-bond acceptors (Lipinski definition) is 3. The highest BCUT2D eigenvalue weighted by molar-refractivity contribution is 5.30. The third-order valence-corrected chi connectivity index (χ3v) is 4.20. The molecule has 2 rings (SSSR count). The van der Waals surface area contributed by atoms with E-state index in [9.17, 15) is 0 Å². The largest absolute Gasteiger partial charge is 0.379 e. The molecule has 0 aromatic carbocycles. The second kappa shape index (κ2) is 5.59. The maximum atomic E-state index is 5.80. The summed E-state index contributed by atoms with van der Waals surface area (Å²) >= 11 is 0. The molecule has 1 aliphatic carbocycles. The van der Waals surface area contributed by atoms with Gasteiger partial charge < -0.3 is 10.1 Å². The molecule has 3 unspecified atom stereocenters. The maximum Gasteiger partial charge on any atom is 0.0778 e. The zero-order chi connectivity index (χ0) is 14.0. The van der Waals surface area contributed by atoms with Crippen molar-refractivity contribution >= 4 is 0 Å². The van der Waals surface area contributed by atoms with Crippen molar-refractivity contribution in [2.75, 3.05) is 14.2 Å². The maximum absolute atomic E-state index is 5.80. The van der Waals surface area contributed by atoms with Gasteiger partial charge in [-0.3, -0.25) is 4.98 Å². The first-order valence-electron chi connectivity index (χ1n) is 7.13. The van der Waals surface area contributed by atoms with Crippen molar-refractivity contribution in [1.29, 1.82) is 0 Å². The van der Waals surface area contributed by atoms with Crippen LogP contribution in [0, 0.1) is 5.41 Å². The molecule has 0 fully saturated rings. The molecule has 0 spiro atoms. The second-order valence-corrected chi connectivity index (χ2v) is 6.53. The van der Waals surface area contributed by atoms with Gasteiger partial charge in [0, 0.05) is 31.0 Å². The number of rotatable bonds is 4. The average molecular weight is 262 g/mol. The molecule has 1 N–H and O–H groups in total. The standard InChI is InChI=1S/C16H26N2O/c1-16(2,3)15(19-5)14(17-4)12-9-8-11-7-6-10-18-13(11)12/h6-7,10,12,14-15,17H,8-9H2,1-5H3. The predicted molar refractivity (Wildman–Crippen MR) is 78.4 cm³/mol. The average Bonchev–Trinajstić information content (AvgIpc) is 2.78. The minimum Gasteiger partial charge on any atom is -0.379 e. The van der Waals surface area contributed by atoms with Crippen molar-refractivity contribution in [2.24, 2.45) is 5.41 Å². The lowest BCUT2D eigenvalue weighted by Gasteiger charge is -2.38. The van der Waals surface area contributed by atoms with Crippen molar-refractivity contribution in [3.8, 4) is 0 Å².